The minimum absolute atomic E-state index is 0.166. The molecule has 0 radical (unpaired) electrons. The highest BCUT2D eigenvalue weighted by molar-refractivity contribution is 5.79. The maximum atomic E-state index is 13.0. The van der Waals surface area contributed by atoms with Crippen LogP contribution in [0.1, 0.15) is 144 Å². The molecular weight excluding hydrogens is 1790 g/mol. The monoisotopic (exact) mass is 1910 g/mol. The van der Waals surface area contributed by atoms with Crippen molar-refractivity contribution in [2.24, 2.45) is 0 Å². The second-order valence-electron chi connectivity index (χ2n) is 38.0. The lowest BCUT2D eigenvalue weighted by atomic mass is 9.96. The molecule has 0 fully saturated rings. The van der Waals surface area contributed by atoms with Crippen LogP contribution in [0.5, 0.6) is 11.5 Å². The second kappa shape index (κ2) is 44.5. The Morgan fingerprint density at radius 1 is 0.270 bits per heavy atom. The third-order valence-electron chi connectivity index (χ3n) is 20.3. The topological polar surface area (TPSA) is 422 Å². The number of H-pyrrole nitrogens is 2. The zero-order chi connectivity index (χ0) is 101. The molecule has 0 aliphatic carbocycles. The van der Waals surface area contributed by atoms with Crippen LogP contribution < -0.4 is 72.4 Å². The molecule has 0 aliphatic rings. The molecule has 9 heterocycles. The highest BCUT2D eigenvalue weighted by Crippen LogP contribution is 2.35. The first-order valence-electron chi connectivity index (χ1n) is 45.2. The zero-order valence-corrected chi connectivity index (χ0v) is 82.9. The molecule has 728 valence electrons. The number of imidazole rings is 2. The minimum atomic E-state index is -4.43. The number of nitrogens with one attached hydrogen (secondary N) is 12. The van der Waals surface area contributed by atoms with Gasteiger partial charge >= 0.3 is 6.18 Å². The van der Waals surface area contributed by atoms with E-state index in [0.29, 0.717) is 88.7 Å². The van der Waals surface area contributed by atoms with Crippen LogP contribution in [0.3, 0.4) is 0 Å². The number of pyridine rings is 2. The molecule has 0 saturated carbocycles. The largest absolute Gasteiger partial charge is 0.497 e. The summed E-state index contributed by atoms with van der Waals surface area (Å²) < 4.78 is 49.4. The lowest BCUT2D eigenvalue weighted by Crippen LogP contribution is -2.19. The SMILES string of the molecule is CC(C)(C)c1nc(Nc2cccnc2)nc(Nc2cccnc2)n1.CC(C)(C)c1nc(Nc2nc3ccccc3[nH]2)nc(Nc2nc3ccccc3[nH]2)n1.CN(C)c1ccc(Nc2nc(Nc3ccc(N(C)C)cc3)nc(C(C)(C)C)n2)cc1.COc1ccc(Nc2nc(Nc3ccc(OC)cc3)nc(C(C)(C)C)n2)cc1.Cc1cccc(Nc2nc(Nc3cccc(C(F)(F)F)c3)nc(C(C)(C)C)n2)c1. The van der Waals surface area contributed by atoms with Crippen molar-refractivity contribution in [1.29, 1.82) is 0 Å². The third-order valence-corrected chi connectivity index (χ3v) is 20.3. The molecule has 9 aromatic heterocycles. The number of alkyl halides is 3. The van der Waals surface area contributed by atoms with E-state index in [2.05, 4.69) is 275 Å². The van der Waals surface area contributed by atoms with Crippen LogP contribution in [0.4, 0.5) is 141 Å². The summed E-state index contributed by atoms with van der Waals surface area (Å²) in [7, 11) is 11.4. The fraction of sp³-hybridized carbons (Fsp3) is 0.272. The van der Waals surface area contributed by atoms with Gasteiger partial charge in [0.05, 0.1) is 65.6 Å². The standard InChI is InChI=1S/C23H31N7.C21H22F3N5.C21H21N9.C21H25N5O2.C17H19N7/c1-23(2,3)20-26-21(24-16-8-12-18(13-9-16)29(4)5)28-22(27-20)25-17-10-14-19(15-11-17)30(6)7;1-13-7-5-9-15(11-13)25-18-27-17(20(2,3)4)28-19(29-18)26-16-10-6-8-14(12-16)21(22,23)24;1-21(2,3)16-26-19(28-17-22-12-8-4-5-9-13(12)23-17)30-20(27-16)29-18-24-14-10-6-7-11-15(14)25-18;1-21(2,3)18-24-19(22-14-6-10-16(27-4)11-7-14)26-20(25-18)23-15-8-12-17(28-5)13-9-15;1-17(2,3)14-22-15(20-12-6-4-8-18-10-12)24-16(23-14)21-13-7-5-9-19-11-13/h8-15H,1-7H3,(H2,24,25,26,27,28);5-12H,1-4H3,(H2,25,26,27,28,29);4-11H,1-3H3,(H4,22,23,24,25,26,27,28,29,30);6-13H,1-5H3,(H2,22,23,24,25,26);4-11H,1-3H3,(H2,20,21,22,23,24). The quantitative estimate of drug-likeness (QED) is 0.0267. The molecule has 17 rings (SSSR count). The number of benzene rings is 8. The number of hydrogen-bond acceptors (Lipinski definition) is 33. The fourth-order valence-corrected chi connectivity index (χ4v) is 12.8. The number of methoxy groups -OCH3 is 2. The molecule has 141 heavy (non-hydrogen) atoms. The van der Waals surface area contributed by atoms with Gasteiger partial charge in [0.25, 0.3) is 0 Å². The van der Waals surface area contributed by atoms with Crippen LogP contribution >= 0.6 is 0 Å². The van der Waals surface area contributed by atoms with E-state index in [1.165, 1.54) is 12.1 Å². The molecule has 0 aliphatic heterocycles. The average Bonchev–Trinajstić information content (AvgIpc) is 1.76. The van der Waals surface area contributed by atoms with Gasteiger partial charge in [0.2, 0.25) is 71.4 Å². The van der Waals surface area contributed by atoms with Crippen LogP contribution in [-0.4, -0.2) is 147 Å². The maximum Gasteiger partial charge on any atom is 0.416 e. The van der Waals surface area contributed by atoms with Gasteiger partial charge in [0, 0.05) is 113 Å². The van der Waals surface area contributed by atoms with Gasteiger partial charge in [-0.25, -0.2) is 9.97 Å². The van der Waals surface area contributed by atoms with Gasteiger partial charge in [0.1, 0.15) is 40.6 Å². The van der Waals surface area contributed by atoms with Crippen molar-refractivity contribution in [3.05, 3.63) is 283 Å². The smallest absolute Gasteiger partial charge is 0.416 e. The van der Waals surface area contributed by atoms with Crippen molar-refractivity contribution in [1.82, 2.24) is 105 Å². The van der Waals surface area contributed by atoms with E-state index < -0.39 is 11.7 Å². The van der Waals surface area contributed by atoms with Gasteiger partial charge in [0.15, 0.2) is 0 Å². The van der Waals surface area contributed by atoms with Crippen molar-refractivity contribution in [2.75, 3.05) is 105 Å². The Bertz CT molecular complexity index is 6620. The highest BCUT2D eigenvalue weighted by Gasteiger charge is 2.32. The Balaban J connectivity index is 0.000000149. The molecule has 17 aromatic rings. The van der Waals surface area contributed by atoms with E-state index in [4.69, 9.17) is 9.47 Å². The molecule has 0 saturated heterocycles. The molecule has 0 amide bonds. The Morgan fingerprint density at radius 3 is 0.809 bits per heavy atom. The number of aromatic nitrogens is 21. The number of aryl methyl sites for hydroxylation is 1. The number of rotatable bonds is 24. The summed E-state index contributed by atoms with van der Waals surface area (Å²) in [4.78, 5) is 95.8. The van der Waals surface area contributed by atoms with Gasteiger partial charge in [-0.3, -0.25) is 20.6 Å². The zero-order valence-electron chi connectivity index (χ0n) is 82.9. The maximum absolute atomic E-state index is 13.0. The highest BCUT2D eigenvalue weighted by atomic mass is 19.4. The number of para-hydroxylation sites is 4. The van der Waals surface area contributed by atoms with Crippen molar-refractivity contribution < 1.29 is 22.6 Å². The molecule has 0 spiro atoms. The van der Waals surface area contributed by atoms with Gasteiger partial charge in [-0.15, -0.1) is 0 Å². The number of nitrogens with zero attached hydrogens (tertiary/aromatic N) is 21. The van der Waals surface area contributed by atoms with E-state index >= 15 is 0 Å². The van der Waals surface area contributed by atoms with Crippen LogP contribution in [-0.2, 0) is 33.3 Å². The molecule has 12 N–H and O–H groups in total. The van der Waals surface area contributed by atoms with E-state index in [0.717, 1.165) is 108 Å². The summed E-state index contributed by atoms with van der Waals surface area (Å²) in [6.07, 6.45) is 2.44. The minimum Gasteiger partial charge on any atom is -0.497 e. The summed E-state index contributed by atoms with van der Waals surface area (Å²) in [5, 5.41) is 31.7. The Morgan fingerprint density at radius 2 is 0.539 bits per heavy atom. The summed E-state index contributed by atoms with van der Waals surface area (Å²) >= 11 is 0. The fourth-order valence-electron chi connectivity index (χ4n) is 12.8. The first-order chi connectivity index (χ1) is 66.9. The van der Waals surface area contributed by atoms with Crippen LogP contribution in [0.2, 0.25) is 0 Å². The number of aromatic amines is 2. The number of ether oxygens (including phenoxy) is 2. The molecule has 38 heteroatoms. The molecule has 0 unspecified atom stereocenters. The summed E-state index contributed by atoms with van der Waals surface area (Å²) in [6.45, 7) is 32.6. The predicted octanol–water partition coefficient (Wildman–Crippen LogP) is 23.3. The Hall–Kier alpha value is -17.0. The normalized spacial score (nSPS) is 11.4. The van der Waals surface area contributed by atoms with E-state index in [1.807, 2.05) is 226 Å². The molecule has 0 bridgehead atoms. The van der Waals surface area contributed by atoms with Gasteiger partial charge in [-0.1, -0.05) is 146 Å². The Kier molecular flexibility index (Phi) is 32.0. The van der Waals surface area contributed by atoms with Crippen molar-refractivity contribution in [3.63, 3.8) is 0 Å². The third kappa shape index (κ3) is 30.0. The number of halogens is 3. The van der Waals surface area contributed by atoms with Gasteiger partial charge in [-0.2, -0.15) is 87.9 Å². The summed E-state index contributed by atoms with van der Waals surface area (Å²) in [5.74, 6) is 10.1. The van der Waals surface area contributed by atoms with Gasteiger partial charge in [-0.05, 0) is 188 Å². The first kappa shape index (κ1) is 101. The molecule has 8 aromatic carbocycles. The lowest BCUT2D eigenvalue weighted by Gasteiger charge is -2.19. The molecule has 35 nitrogen and oxygen atoms in total. The second-order valence-corrected chi connectivity index (χ2v) is 38.0. The van der Waals surface area contributed by atoms with E-state index in [1.54, 1.807) is 39.0 Å². The van der Waals surface area contributed by atoms with Crippen LogP contribution in [0, 0.1) is 6.92 Å². The summed E-state index contributed by atoms with van der Waals surface area (Å²) in [5.41, 5.74) is 11.2. The predicted molar refractivity (Wildman–Crippen MR) is 556 cm³/mol. The molecular formula is C103H118F3N33O2. The van der Waals surface area contributed by atoms with Crippen LogP contribution in [0.25, 0.3) is 22.1 Å². The van der Waals surface area contributed by atoms with E-state index in [-0.39, 0.29) is 38.7 Å². The average molecular weight is 1910 g/mol. The first-order valence-corrected chi connectivity index (χ1v) is 45.2. The molecule has 0 atom stereocenters. The number of fused-ring (bicyclic) bond motifs is 2. The van der Waals surface area contributed by atoms with Gasteiger partial charge < -0.3 is 71.8 Å². The van der Waals surface area contributed by atoms with Crippen molar-refractivity contribution >= 4 is 150 Å². The van der Waals surface area contributed by atoms with Crippen molar-refractivity contribution in [3.8, 4) is 11.5 Å². The lowest BCUT2D eigenvalue weighted by molar-refractivity contribution is -0.137. The van der Waals surface area contributed by atoms with E-state index in [9.17, 15) is 13.2 Å². The number of anilines is 22. The number of hydrogen-bond donors (Lipinski definition) is 12. The van der Waals surface area contributed by atoms with Crippen LogP contribution in [0.15, 0.2) is 243 Å². The Labute approximate surface area is 817 Å². The van der Waals surface area contributed by atoms with Crippen molar-refractivity contribution in [2.45, 2.75) is 144 Å². The summed E-state index contributed by atoms with van der Waals surface area (Å²) in [6, 6.07) is 67.2.